The molecule has 104 valence electrons. The summed E-state index contributed by atoms with van der Waals surface area (Å²) >= 11 is 3.36. The van der Waals surface area contributed by atoms with Crippen molar-refractivity contribution in [1.82, 2.24) is 0 Å². The average Bonchev–Trinajstić information content (AvgIpc) is 2.48. The first-order valence-corrected chi connectivity index (χ1v) is 6.86. The Balaban J connectivity index is 2.22. The summed E-state index contributed by atoms with van der Waals surface area (Å²) in [5, 5.41) is 20.9. The van der Waals surface area contributed by atoms with Crippen molar-refractivity contribution in [2.24, 2.45) is 0 Å². The zero-order chi connectivity index (χ0) is 15.2. The van der Waals surface area contributed by atoms with Crippen LogP contribution in [-0.4, -0.2) is 11.0 Å². The summed E-state index contributed by atoms with van der Waals surface area (Å²) in [6.45, 7) is 0. The van der Waals surface area contributed by atoms with Crippen LogP contribution in [0.3, 0.4) is 0 Å². The Labute approximate surface area is 130 Å². The van der Waals surface area contributed by atoms with Gasteiger partial charge < -0.3 is 10.4 Å². The van der Waals surface area contributed by atoms with Gasteiger partial charge in [-0.1, -0.05) is 34.1 Å². The van der Waals surface area contributed by atoms with E-state index in [0.717, 1.165) is 10.0 Å². The standard InChI is InChI=1S/C16H11BrN2O2/c17-15-4-2-1-3-11(15)9-12(10-18)16(21)19-13-5-7-14(20)8-6-13/h1-9,20H,(H,19,21)/b12-9-. The maximum atomic E-state index is 12.1. The molecular weight excluding hydrogens is 332 g/mol. The van der Waals surface area contributed by atoms with Gasteiger partial charge in [-0.2, -0.15) is 5.26 Å². The molecule has 0 aliphatic carbocycles. The van der Waals surface area contributed by atoms with E-state index < -0.39 is 5.91 Å². The highest BCUT2D eigenvalue weighted by Crippen LogP contribution is 2.20. The number of aromatic hydroxyl groups is 1. The van der Waals surface area contributed by atoms with Gasteiger partial charge in [0.2, 0.25) is 0 Å². The van der Waals surface area contributed by atoms with E-state index in [-0.39, 0.29) is 11.3 Å². The molecule has 1 amide bonds. The first-order chi connectivity index (χ1) is 10.1. The second-order valence-electron chi connectivity index (χ2n) is 4.19. The van der Waals surface area contributed by atoms with Crippen molar-refractivity contribution < 1.29 is 9.90 Å². The van der Waals surface area contributed by atoms with E-state index in [2.05, 4.69) is 21.2 Å². The molecule has 4 nitrogen and oxygen atoms in total. The molecule has 0 unspecified atom stereocenters. The first kappa shape index (κ1) is 14.8. The number of nitrogens with one attached hydrogen (secondary N) is 1. The molecule has 0 fully saturated rings. The van der Waals surface area contributed by atoms with Crippen LogP contribution >= 0.6 is 15.9 Å². The van der Waals surface area contributed by atoms with Gasteiger partial charge in [0.15, 0.2) is 0 Å². The van der Waals surface area contributed by atoms with Gasteiger partial charge in [0.1, 0.15) is 17.4 Å². The van der Waals surface area contributed by atoms with Crippen LogP contribution in [0.4, 0.5) is 5.69 Å². The van der Waals surface area contributed by atoms with Crippen LogP contribution in [-0.2, 0) is 4.79 Å². The van der Waals surface area contributed by atoms with E-state index in [1.807, 2.05) is 24.3 Å². The molecule has 2 rings (SSSR count). The van der Waals surface area contributed by atoms with Crippen molar-refractivity contribution in [3.8, 4) is 11.8 Å². The number of nitriles is 1. The molecule has 0 saturated carbocycles. The number of rotatable bonds is 3. The normalized spacial score (nSPS) is 10.8. The van der Waals surface area contributed by atoms with Gasteiger partial charge in [0, 0.05) is 10.2 Å². The number of benzene rings is 2. The number of hydrogen-bond donors (Lipinski definition) is 2. The molecule has 0 bridgehead atoms. The highest BCUT2D eigenvalue weighted by molar-refractivity contribution is 9.10. The third-order valence-corrected chi connectivity index (χ3v) is 3.42. The molecule has 5 heteroatoms. The van der Waals surface area contributed by atoms with E-state index >= 15 is 0 Å². The fourth-order valence-electron chi connectivity index (χ4n) is 1.64. The fourth-order valence-corrected chi connectivity index (χ4v) is 2.04. The van der Waals surface area contributed by atoms with Crippen molar-refractivity contribution in [3.63, 3.8) is 0 Å². The van der Waals surface area contributed by atoms with Crippen LogP contribution < -0.4 is 5.32 Å². The Bertz CT molecular complexity index is 731. The summed E-state index contributed by atoms with van der Waals surface area (Å²) in [6, 6.07) is 15.2. The van der Waals surface area contributed by atoms with Gasteiger partial charge in [-0.3, -0.25) is 4.79 Å². The minimum Gasteiger partial charge on any atom is -0.508 e. The summed E-state index contributed by atoms with van der Waals surface area (Å²) in [6.07, 6.45) is 1.51. The molecule has 0 atom stereocenters. The van der Waals surface area contributed by atoms with E-state index in [0.29, 0.717) is 5.69 Å². The molecule has 2 aromatic rings. The van der Waals surface area contributed by atoms with Gasteiger partial charge >= 0.3 is 0 Å². The number of phenols is 1. The molecule has 0 saturated heterocycles. The smallest absolute Gasteiger partial charge is 0.266 e. The van der Waals surface area contributed by atoms with E-state index in [1.165, 1.54) is 18.2 Å². The SMILES string of the molecule is N#C/C(=C/c1ccccc1Br)C(=O)Nc1ccc(O)cc1. The Morgan fingerprint density at radius 3 is 2.48 bits per heavy atom. The van der Waals surface area contributed by atoms with Gasteiger partial charge in [-0.25, -0.2) is 0 Å². The van der Waals surface area contributed by atoms with Crippen LogP contribution in [0.25, 0.3) is 6.08 Å². The lowest BCUT2D eigenvalue weighted by atomic mass is 10.1. The van der Waals surface area contributed by atoms with Gasteiger partial charge in [-0.05, 0) is 42.0 Å². The summed E-state index contributed by atoms with van der Waals surface area (Å²) in [5.74, 6) is -0.392. The molecule has 0 heterocycles. The molecule has 21 heavy (non-hydrogen) atoms. The second kappa shape index (κ2) is 6.73. The Morgan fingerprint density at radius 2 is 1.86 bits per heavy atom. The first-order valence-electron chi connectivity index (χ1n) is 6.07. The predicted octanol–water partition coefficient (Wildman–Crippen LogP) is 3.70. The van der Waals surface area contributed by atoms with Gasteiger partial charge in [0.25, 0.3) is 5.91 Å². The van der Waals surface area contributed by atoms with Crippen molar-refractivity contribution >= 4 is 33.6 Å². The van der Waals surface area contributed by atoms with E-state index in [9.17, 15) is 9.90 Å². The van der Waals surface area contributed by atoms with Gasteiger partial charge in [0.05, 0.1) is 0 Å². The topological polar surface area (TPSA) is 73.1 Å². The summed E-state index contributed by atoms with van der Waals surface area (Å²) in [5.41, 5.74) is 1.25. The minimum absolute atomic E-state index is 0.00465. The lowest BCUT2D eigenvalue weighted by molar-refractivity contribution is -0.112. The fraction of sp³-hybridized carbons (Fsp3) is 0. The Hall–Kier alpha value is -2.58. The van der Waals surface area contributed by atoms with Crippen LogP contribution in [0.5, 0.6) is 5.75 Å². The quantitative estimate of drug-likeness (QED) is 0.507. The second-order valence-corrected chi connectivity index (χ2v) is 5.05. The molecule has 0 radical (unpaired) electrons. The molecule has 2 aromatic carbocycles. The van der Waals surface area contributed by atoms with Crippen molar-refractivity contribution in [3.05, 3.63) is 64.1 Å². The highest BCUT2D eigenvalue weighted by Gasteiger charge is 2.10. The predicted molar refractivity (Wildman–Crippen MR) is 84.5 cm³/mol. The lowest BCUT2D eigenvalue weighted by Crippen LogP contribution is -2.13. The maximum absolute atomic E-state index is 12.1. The van der Waals surface area contributed by atoms with E-state index in [4.69, 9.17) is 5.26 Å². The monoisotopic (exact) mass is 342 g/mol. The van der Waals surface area contributed by atoms with Crippen LogP contribution in [0.2, 0.25) is 0 Å². The third kappa shape index (κ3) is 3.94. The van der Waals surface area contributed by atoms with Crippen LogP contribution in [0, 0.1) is 11.3 Å². The number of anilines is 1. The number of nitrogens with zero attached hydrogens (tertiary/aromatic N) is 1. The van der Waals surface area contributed by atoms with Crippen molar-refractivity contribution in [2.75, 3.05) is 5.32 Å². The molecule has 2 N–H and O–H groups in total. The highest BCUT2D eigenvalue weighted by atomic mass is 79.9. The summed E-state index contributed by atoms with van der Waals surface area (Å²) < 4.78 is 0.801. The van der Waals surface area contributed by atoms with Crippen molar-refractivity contribution in [2.45, 2.75) is 0 Å². The molecular formula is C16H11BrN2O2. The number of amides is 1. The zero-order valence-electron chi connectivity index (χ0n) is 10.9. The van der Waals surface area contributed by atoms with Gasteiger partial charge in [-0.15, -0.1) is 0 Å². The number of phenolic OH excluding ortho intramolecular Hbond substituents is 1. The molecule has 0 spiro atoms. The number of hydrogen-bond acceptors (Lipinski definition) is 3. The molecule has 0 aliphatic rings. The molecule has 0 aliphatic heterocycles. The minimum atomic E-state index is -0.501. The zero-order valence-corrected chi connectivity index (χ0v) is 12.5. The lowest BCUT2D eigenvalue weighted by Gasteiger charge is -2.05. The average molecular weight is 343 g/mol. The Kier molecular flexibility index (Phi) is 4.75. The van der Waals surface area contributed by atoms with Crippen LogP contribution in [0.1, 0.15) is 5.56 Å². The summed E-state index contributed by atoms with van der Waals surface area (Å²) in [4.78, 5) is 12.1. The Morgan fingerprint density at radius 1 is 1.19 bits per heavy atom. The van der Waals surface area contributed by atoms with Crippen LogP contribution in [0.15, 0.2) is 58.6 Å². The number of carbonyl (C=O) groups excluding carboxylic acids is 1. The largest absolute Gasteiger partial charge is 0.508 e. The summed E-state index contributed by atoms with van der Waals surface area (Å²) in [7, 11) is 0. The number of halogens is 1. The number of carbonyl (C=O) groups is 1. The van der Waals surface area contributed by atoms with Crippen molar-refractivity contribution in [1.29, 1.82) is 5.26 Å². The van der Waals surface area contributed by atoms with E-state index in [1.54, 1.807) is 18.2 Å². The maximum Gasteiger partial charge on any atom is 0.266 e. The molecule has 0 aromatic heterocycles. The third-order valence-electron chi connectivity index (χ3n) is 2.70.